The molecule has 0 aromatic carbocycles. The Morgan fingerprint density at radius 1 is 1.31 bits per heavy atom. The summed E-state index contributed by atoms with van der Waals surface area (Å²) >= 11 is 0. The van der Waals surface area contributed by atoms with Gasteiger partial charge in [0, 0.05) is 5.92 Å². The molecule has 0 aliphatic rings. The molecule has 0 fully saturated rings. The Bertz CT molecular complexity index is 149. The Labute approximate surface area is 79.9 Å². The number of hydrogen-bond acceptors (Lipinski definition) is 3. The van der Waals surface area contributed by atoms with Crippen LogP contribution >= 0.6 is 0 Å². The fraction of sp³-hybridized carbons (Fsp3) is 0.889. The standard InChI is InChI=1S/C9H20N2O2/c1-7(2)13-5-4-12-6-8(3)9(10)11/h7-8H,4-6H2,1-3H3,(H3,10,11). The lowest BCUT2D eigenvalue weighted by Gasteiger charge is -2.11. The van der Waals surface area contributed by atoms with Crippen molar-refractivity contribution in [2.75, 3.05) is 19.8 Å². The van der Waals surface area contributed by atoms with E-state index in [0.29, 0.717) is 19.8 Å². The summed E-state index contributed by atoms with van der Waals surface area (Å²) in [5.41, 5.74) is 5.27. The van der Waals surface area contributed by atoms with E-state index in [9.17, 15) is 0 Å². The highest BCUT2D eigenvalue weighted by Crippen LogP contribution is 1.94. The van der Waals surface area contributed by atoms with Crippen LogP contribution in [0.2, 0.25) is 0 Å². The minimum atomic E-state index is -0.000880. The fourth-order valence-electron chi connectivity index (χ4n) is 0.693. The zero-order valence-electron chi connectivity index (χ0n) is 8.67. The van der Waals surface area contributed by atoms with Gasteiger partial charge < -0.3 is 15.2 Å². The number of nitrogens with two attached hydrogens (primary N) is 1. The van der Waals surface area contributed by atoms with Crippen LogP contribution in [0.15, 0.2) is 0 Å². The molecule has 0 bridgehead atoms. The van der Waals surface area contributed by atoms with Crippen LogP contribution in [-0.2, 0) is 9.47 Å². The second kappa shape index (κ2) is 6.86. The highest BCUT2D eigenvalue weighted by Gasteiger charge is 2.04. The number of hydrogen-bond donors (Lipinski definition) is 2. The molecule has 13 heavy (non-hydrogen) atoms. The third kappa shape index (κ3) is 7.74. The maximum absolute atomic E-state index is 7.12. The van der Waals surface area contributed by atoms with Crippen LogP contribution in [0.4, 0.5) is 0 Å². The van der Waals surface area contributed by atoms with Gasteiger partial charge in [-0.2, -0.15) is 0 Å². The van der Waals surface area contributed by atoms with E-state index in [4.69, 9.17) is 20.6 Å². The zero-order chi connectivity index (χ0) is 10.3. The van der Waals surface area contributed by atoms with Crippen molar-refractivity contribution >= 4 is 5.84 Å². The molecule has 1 unspecified atom stereocenters. The van der Waals surface area contributed by atoms with Gasteiger partial charge in [0.1, 0.15) is 0 Å². The van der Waals surface area contributed by atoms with E-state index in [0.717, 1.165) is 0 Å². The van der Waals surface area contributed by atoms with Crippen LogP contribution < -0.4 is 5.73 Å². The Morgan fingerprint density at radius 2 is 1.92 bits per heavy atom. The zero-order valence-corrected chi connectivity index (χ0v) is 8.67. The second-order valence-corrected chi connectivity index (χ2v) is 3.35. The van der Waals surface area contributed by atoms with Crippen molar-refractivity contribution in [3.63, 3.8) is 0 Å². The van der Waals surface area contributed by atoms with Crippen molar-refractivity contribution in [1.82, 2.24) is 0 Å². The van der Waals surface area contributed by atoms with E-state index in [1.807, 2.05) is 20.8 Å². The van der Waals surface area contributed by atoms with Crippen LogP contribution in [0.5, 0.6) is 0 Å². The molecule has 0 aliphatic carbocycles. The molecule has 0 saturated carbocycles. The van der Waals surface area contributed by atoms with Gasteiger partial charge >= 0.3 is 0 Å². The molecule has 0 aliphatic heterocycles. The van der Waals surface area contributed by atoms with Crippen LogP contribution in [-0.4, -0.2) is 31.8 Å². The van der Waals surface area contributed by atoms with E-state index >= 15 is 0 Å². The summed E-state index contributed by atoms with van der Waals surface area (Å²) in [6.07, 6.45) is 0.244. The van der Waals surface area contributed by atoms with Crippen LogP contribution in [0, 0.1) is 11.3 Å². The van der Waals surface area contributed by atoms with Crippen molar-refractivity contribution in [2.45, 2.75) is 26.9 Å². The Balaban J connectivity index is 3.21. The van der Waals surface area contributed by atoms with E-state index in [1.165, 1.54) is 0 Å². The Kier molecular flexibility index (Phi) is 6.54. The molecule has 0 radical (unpaired) electrons. The van der Waals surface area contributed by atoms with E-state index in [1.54, 1.807) is 0 Å². The van der Waals surface area contributed by atoms with Gasteiger partial charge in [0.05, 0.1) is 31.8 Å². The quantitative estimate of drug-likeness (QED) is 0.356. The smallest absolute Gasteiger partial charge is 0.0957 e. The largest absolute Gasteiger partial charge is 0.387 e. The lowest BCUT2D eigenvalue weighted by Crippen LogP contribution is -2.24. The molecule has 4 nitrogen and oxygen atoms in total. The molecule has 0 spiro atoms. The molecular weight excluding hydrogens is 168 g/mol. The summed E-state index contributed by atoms with van der Waals surface area (Å²) in [6, 6.07) is 0. The minimum absolute atomic E-state index is 0.000880. The highest BCUT2D eigenvalue weighted by atomic mass is 16.5. The van der Waals surface area contributed by atoms with Gasteiger partial charge in [-0.25, -0.2) is 0 Å². The molecule has 0 saturated heterocycles. The average molecular weight is 188 g/mol. The molecular formula is C9H20N2O2. The van der Waals surface area contributed by atoms with Crippen LogP contribution in [0.3, 0.4) is 0 Å². The summed E-state index contributed by atoms with van der Waals surface area (Å²) in [4.78, 5) is 0. The third-order valence-electron chi connectivity index (χ3n) is 1.58. The predicted octanol–water partition coefficient (Wildman–Crippen LogP) is 1.00. The number of rotatable bonds is 7. The highest BCUT2D eigenvalue weighted by molar-refractivity contribution is 5.79. The molecule has 1 atom stereocenters. The molecule has 0 rings (SSSR count). The van der Waals surface area contributed by atoms with Gasteiger partial charge in [-0.05, 0) is 13.8 Å². The minimum Gasteiger partial charge on any atom is -0.387 e. The SMILES string of the molecule is CC(C)OCCOCC(C)C(=N)N. The first kappa shape index (κ1) is 12.4. The summed E-state index contributed by atoms with van der Waals surface area (Å²) in [7, 11) is 0. The van der Waals surface area contributed by atoms with Gasteiger partial charge in [-0.1, -0.05) is 6.92 Å². The monoisotopic (exact) mass is 188 g/mol. The van der Waals surface area contributed by atoms with Gasteiger partial charge in [0.25, 0.3) is 0 Å². The van der Waals surface area contributed by atoms with Crippen molar-refractivity contribution in [2.24, 2.45) is 11.7 Å². The first-order valence-electron chi connectivity index (χ1n) is 4.57. The molecule has 0 aromatic heterocycles. The second-order valence-electron chi connectivity index (χ2n) is 3.35. The lowest BCUT2D eigenvalue weighted by molar-refractivity contribution is 0.0159. The molecule has 0 aromatic rings. The molecule has 0 heterocycles. The third-order valence-corrected chi connectivity index (χ3v) is 1.58. The van der Waals surface area contributed by atoms with Crippen molar-refractivity contribution in [3.05, 3.63) is 0 Å². The molecule has 78 valence electrons. The topological polar surface area (TPSA) is 68.3 Å². The maximum atomic E-state index is 7.12. The van der Waals surface area contributed by atoms with Crippen molar-refractivity contribution < 1.29 is 9.47 Å². The first-order valence-corrected chi connectivity index (χ1v) is 4.57. The normalized spacial score (nSPS) is 13.2. The predicted molar refractivity (Wildman–Crippen MR) is 53.0 cm³/mol. The average Bonchev–Trinajstić information content (AvgIpc) is 2.02. The molecule has 3 N–H and O–H groups in total. The van der Waals surface area contributed by atoms with Crippen LogP contribution in [0.25, 0.3) is 0 Å². The Hall–Kier alpha value is -0.610. The van der Waals surface area contributed by atoms with E-state index in [-0.39, 0.29) is 17.9 Å². The Morgan fingerprint density at radius 3 is 2.38 bits per heavy atom. The maximum Gasteiger partial charge on any atom is 0.0957 e. The van der Waals surface area contributed by atoms with E-state index < -0.39 is 0 Å². The fourth-order valence-corrected chi connectivity index (χ4v) is 0.693. The van der Waals surface area contributed by atoms with Gasteiger partial charge in [0.2, 0.25) is 0 Å². The van der Waals surface area contributed by atoms with Crippen LogP contribution in [0.1, 0.15) is 20.8 Å². The van der Waals surface area contributed by atoms with Gasteiger partial charge in [-0.15, -0.1) is 0 Å². The summed E-state index contributed by atoms with van der Waals surface area (Å²) in [5.74, 6) is 0.170. The number of ether oxygens (including phenoxy) is 2. The van der Waals surface area contributed by atoms with Crippen molar-refractivity contribution in [1.29, 1.82) is 5.41 Å². The van der Waals surface area contributed by atoms with E-state index in [2.05, 4.69) is 0 Å². The summed E-state index contributed by atoms with van der Waals surface area (Å²) in [5, 5.41) is 7.12. The molecule has 0 amide bonds. The first-order chi connectivity index (χ1) is 6.04. The summed E-state index contributed by atoms with van der Waals surface area (Å²) < 4.78 is 10.5. The number of amidine groups is 1. The molecule has 4 heteroatoms. The van der Waals surface area contributed by atoms with Gasteiger partial charge in [-0.3, -0.25) is 5.41 Å². The number of nitrogens with one attached hydrogen (secondary N) is 1. The summed E-state index contributed by atoms with van der Waals surface area (Å²) in [6.45, 7) is 7.50. The lowest BCUT2D eigenvalue weighted by atomic mass is 10.2. The van der Waals surface area contributed by atoms with Gasteiger partial charge in [0.15, 0.2) is 0 Å². The van der Waals surface area contributed by atoms with Crippen molar-refractivity contribution in [3.8, 4) is 0 Å².